The van der Waals surface area contributed by atoms with Gasteiger partial charge in [0.1, 0.15) is 12.3 Å². The molecule has 210 valence electrons. The monoisotopic (exact) mass is 567 g/mol. The summed E-state index contributed by atoms with van der Waals surface area (Å²) in [5, 5.41) is 15.3. The third kappa shape index (κ3) is 6.74. The van der Waals surface area contributed by atoms with Crippen LogP contribution >= 0.6 is 0 Å². The maximum absolute atomic E-state index is 13.5. The average molecular weight is 568 g/mol. The van der Waals surface area contributed by atoms with Crippen LogP contribution in [-0.2, 0) is 19.6 Å². The van der Waals surface area contributed by atoms with Crippen LogP contribution in [0.4, 0.5) is 17.1 Å². The predicted octanol–water partition coefficient (Wildman–Crippen LogP) is 3.09. The molecule has 3 aromatic rings. The van der Waals surface area contributed by atoms with Gasteiger partial charge in [0.15, 0.2) is 0 Å². The lowest BCUT2D eigenvalue weighted by atomic mass is 10.1. The van der Waals surface area contributed by atoms with Gasteiger partial charge in [0, 0.05) is 36.5 Å². The highest BCUT2D eigenvalue weighted by Crippen LogP contribution is 2.27. The molecule has 0 aliphatic carbocycles. The Morgan fingerprint density at radius 2 is 1.80 bits per heavy atom. The predicted molar refractivity (Wildman–Crippen MR) is 151 cm³/mol. The normalized spacial score (nSPS) is 13.7. The molecule has 1 aliphatic rings. The Morgan fingerprint density at radius 3 is 2.42 bits per heavy atom. The Labute approximate surface area is 232 Å². The number of hydrogen-bond donors (Lipinski definition) is 1. The maximum Gasteiger partial charge on any atom is 0.270 e. The molecule has 0 unspecified atom stereocenters. The molecule has 4 rings (SSSR count). The van der Waals surface area contributed by atoms with Crippen molar-refractivity contribution in [3.63, 3.8) is 0 Å². The zero-order valence-corrected chi connectivity index (χ0v) is 22.8. The van der Waals surface area contributed by atoms with Crippen LogP contribution in [0.15, 0.2) is 76.7 Å². The standard InChI is InChI=1S/C27H29N5O7S/c1-20-3-10-25(11-4-20)40(36,37)31(22-5-8-24(38-2)9-6-22)19-27(33)29-28-18-21-17-23(32(34)35)7-12-26(21)30-13-15-39-16-14-30/h3-12,17-18H,13-16,19H2,1-2H3,(H,29,33)/b28-18-. The number of non-ortho nitro benzene ring substituents is 1. The second-order valence-electron chi connectivity index (χ2n) is 8.92. The molecule has 0 atom stereocenters. The van der Waals surface area contributed by atoms with E-state index in [1.807, 2.05) is 11.8 Å². The molecule has 0 radical (unpaired) electrons. The molecule has 1 heterocycles. The summed E-state index contributed by atoms with van der Waals surface area (Å²) in [6, 6.07) is 17.0. The number of hydrazone groups is 1. The molecule has 0 saturated carbocycles. The summed E-state index contributed by atoms with van der Waals surface area (Å²) in [6.45, 7) is 3.50. The number of sulfonamides is 1. The lowest BCUT2D eigenvalue weighted by Gasteiger charge is -2.29. The van der Waals surface area contributed by atoms with Gasteiger partial charge >= 0.3 is 0 Å². The van der Waals surface area contributed by atoms with E-state index in [9.17, 15) is 23.3 Å². The minimum Gasteiger partial charge on any atom is -0.497 e. The number of nitro benzene ring substituents is 1. The molecular formula is C27H29N5O7S. The Hall–Kier alpha value is -4.49. The van der Waals surface area contributed by atoms with Gasteiger partial charge in [0.2, 0.25) is 0 Å². The molecule has 1 saturated heterocycles. The summed E-state index contributed by atoms with van der Waals surface area (Å²) in [6.07, 6.45) is 1.31. The van der Waals surface area contributed by atoms with Crippen LogP contribution in [0.2, 0.25) is 0 Å². The lowest BCUT2D eigenvalue weighted by Crippen LogP contribution is -2.39. The van der Waals surface area contributed by atoms with Crippen molar-refractivity contribution in [2.24, 2.45) is 5.10 Å². The van der Waals surface area contributed by atoms with Crippen LogP contribution in [0.3, 0.4) is 0 Å². The summed E-state index contributed by atoms with van der Waals surface area (Å²) in [5.74, 6) is -0.181. The van der Waals surface area contributed by atoms with Crippen molar-refractivity contribution in [3.8, 4) is 5.75 Å². The molecule has 1 N–H and O–H groups in total. The summed E-state index contributed by atoms with van der Waals surface area (Å²) in [4.78, 5) is 25.8. The number of rotatable bonds is 10. The number of ether oxygens (including phenoxy) is 2. The van der Waals surface area contributed by atoms with E-state index in [4.69, 9.17) is 9.47 Å². The van der Waals surface area contributed by atoms with Crippen LogP contribution in [0.25, 0.3) is 0 Å². The number of morpholine rings is 1. The van der Waals surface area contributed by atoms with Crippen molar-refractivity contribution >= 4 is 39.2 Å². The van der Waals surface area contributed by atoms with Crippen molar-refractivity contribution < 1.29 is 27.6 Å². The van der Waals surface area contributed by atoms with E-state index in [-0.39, 0.29) is 16.3 Å². The first kappa shape index (κ1) is 28.5. The fourth-order valence-electron chi connectivity index (χ4n) is 4.09. The Kier molecular flexibility index (Phi) is 8.97. The first-order valence-corrected chi connectivity index (χ1v) is 13.8. The molecule has 13 heteroatoms. The number of methoxy groups -OCH3 is 1. The van der Waals surface area contributed by atoms with Gasteiger partial charge in [0.25, 0.3) is 21.6 Å². The van der Waals surface area contributed by atoms with E-state index in [1.165, 1.54) is 37.6 Å². The van der Waals surface area contributed by atoms with Crippen molar-refractivity contribution in [1.29, 1.82) is 0 Å². The minimum absolute atomic E-state index is 0.0250. The van der Waals surface area contributed by atoms with Crippen molar-refractivity contribution in [2.75, 3.05) is 49.2 Å². The number of nitrogens with one attached hydrogen (secondary N) is 1. The first-order chi connectivity index (χ1) is 19.2. The molecule has 1 aliphatic heterocycles. The second-order valence-corrected chi connectivity index (χ2v) is 10.8. The van der Waals surface area contributed by atoms with Crippen LogP contribution in [-0.4, -0.2) is 65.4 Å². The molecule has 3 aromatic carbocycles. The number of benzene rings is 3. The number of hydrogen-bond acceptors (Lipinski definition) is 9. The molecule has 0 aromatic heterocycles. The number of aryl methyl sites for hydroxylation is 1. The van der Waals surface area contributed by atoms with Gasteiger partial charge in [0.05, 0.1) is 42.0 Å². The largest absolute Gasteiger partial charge is 0.497 e. The maximum atomic E-state index is 13.5. The number of anilines is 2. The molecule has 0 spiro atoms. The minimum atomic E-state index is -4.11. The van der Waals surface area contributed by atoms with Crippen molar-refractivity contribution in [3.05, 3.63) is 88.0 Å². The zero-order valence-electron chi connectivity index (χ0n) is 22.0. The molecule has 1 fully saturated rings. The van der Waals surface area contributed by atoms with Gasteiger partial charge in [-0.25, -0.2) is 13.8 Å². The van der Waals surface area contributed by atoms with Gasteiger partial charge in [-0.2, -0.15) is 5.10 Å². The topological polar surface area (TPSA) is 144 Å². The van der Waals surface area contributed by atoms with Gasteiger partial charge in [-0.1, -0.05) is 17.7 Å². The van der Waals surface area contributed by atoms with E-state index in [0.717, 1.165) is 9.87 Å². The number of nitro groups is 1. The van der Waals surface area contributed by atoms with E-state index < -0.39 is 27.4 Å². The molecule has 0 bridgehead atoms. The highest BCUT2D eigenvalue weighted by atomic mass is 32.2. The Balaban J connectivity index is 1.57. The number of amides is 1. The van der Waals surface area contributed by atoms with Crippen LogP contribution in [0.1, 0.15) is 11.1 Å². The van der Waals surface area contributed by atoms with Crippen LogP contribution in [0, 0.1) is 17.0 Å². The third-order valence-corrected chi connectivity index (χ3v) is 8.01. The SMILES string of the molecule is COc1ccc(N(CC(=O)N/N=C\c2cc([N+](=O)[O-])ccc2N2CCOCC2)S(=O)(=O)c2ccc(C)cc2)cc1. The number of carbonyl (C=O) groups excluding carboxylic acids is 1. The van der Waals surface area contributed by atoms with E-state index in [0.29, 0.717) is 43.3 Å². The fourth-order valence-corrected chi connectivity index (χ4v) is 5.51. The molecular weight excluding hydrogens is 538 g/mol. The average Bonchev–Trinajstić information content (AvgIpc) is 2.96. The van der Waals surface area contributed by atoms with E-state index in [2.05, 4.69) is 10.5 Å². The fraction of sp³-hybridized carbons (Fsp3) is 0.259. The van der Waals surface area contributed by atoms with Crippen molar-refractivity contribution in [2.45, 2.75) is 11.8 Å². The summed E-state index contributed by atoms with van der Waals surface area (Å²) >= 11 is 0. The summed E-state index contributed by atoms with van der Waals surface area (Å²) in [5.41, 5.74) is 4.50. The Morgan fingerprint density at radius 1 is 1.12 bits per heavy atom. The summed E-state index contributed by atoms with van der Waals surface area (Å²) in [7, 11) is -2.62. The van der Waals surface area contributed by atoms with Gasteiger partial charge in [-0.15, -0.1) is 0 Å². The highest BCUT2D eigenvalue weighted by Gasteiger charge is 2.27. The molecule has 1 amide bonds. The number of nitrogens with zero attached hydrogens (tertiary/aromatic N) is 4. The zero-order chi connectivity index (χ0) is 28.7. The van der Waals surface area contributed by atoms with E-state index >= 15 is 0 Å². The lowest BCUT2D eigenvalue weighted by molar-refractivity contribution is -0.384. The second kappa shape index (κ2) is 12.6. The molecule has 12 nitrogen and oxygen atoms in total. The van der Waals surface area contributed by atoms with Crippen LogP contribution in [0.5, 0.6) is 5.75 Å². The number of carbonyl (C=O) groups is 1. The van der Waals surface area contributed by atoms with Gasteiger partial charge < -0.3 is 14.4 Å². The molecule has 40 heavy (non-hydrogen) atoms. The van der Waals surface area contributed by atoms with Gasteiger partial charge in [-0.05, 0) is 49.4 Å². The smallest absolute Gasteiger partial charge is 0.270 e. The van der Waals surface area contributed by atoms with Crippen LogP contribution < -0.4 is 19.4 Å². The quantitative estimate of drug-likeness (QED) is 0.224. The third-order valence-electron chi connectivity index (χ3n) is 6.22. The highest BCUT2D eigenvalue weighted by molar-refractivity contribution is 7.92. The Bertz CT molecular complexity index is 1490. The van der Waals surface area contributed by atoms with Crippen molar-refractivity contribution in [1.82, 2.24) is 5.43 Å². The van der Waals surface area contributed by atoms with Gasteiger partial charge in [-0.3, -0.25) is 19.2 Å². The summed E-state index contributed by atoms with van der Waals surface area (Å²) < 4.78 is 38.6. The van der Waals surface area contributed by atoms with E-state index in [1.54, 1.807) is 42.5 Å². The first-order valence-electron chi connectivity index (χ1n) is 12.4.